The topological polar surface area (TPSA) is 58.4 Å². The number of carbonyl (C=O) groups is 1. The van der Waals surface area contributed by atoms with Crippen molar-refractivity contribution < 1.29 is 4.79 Å². The zero-order valence-corrected chi connectivity index (χ0v) is 13.1. The van der Waals surface area contributed by atoms with E-state index in [1.807, 2.05) is 11.9 Å². The molecule has 3 heterocycles. The fourth-order valence-corrected chi connectivity index (χ4v) is 3.53. The van der Waals surface area contributed by atoms with Crippen molar-refractivity contribution in [3.8, 4) is 0 Å². The molecular formula is C13H15ClN4O2S. The zero-order valence-electron chi connectivity index (χ0n) is 11.5. The second kappa shape index (κ2) is 5.84. The lowest BCUT2D eigenvalue weighted by Crippen LogP contribution is -2.48. The molecule has 21 heavy (non-hydrogen) atoms. The summed E-state index contributed by atoms with van der Waals surface area (Å²) in [5, 5.41) is 0.456. The molecule has 0 spiro atoms. The van der Waals surface area contributed by atoms with E-state index in [9.17, 15) is 9.59 Å². The highest BCUT2D eigenvalue weighted by molar-refractivity contribution is 7.16. The molecule has 1 fully saturated rings. The number of fused-ring (bicyclic) bond motifs is 1. The van der Waals surface area contributed by atoms with Crippen molar-refractivity contribution in [1.29, 1.82) is 0 Å². The van der Waals surface area contributed by atoms with E-state index in [2.05, 4.69) is 9.88 Å². The minimum Gasteiger partial charge on any atom is -0.304 e. The maximum absolute atomic E-state index is 12.3. The first-order valence-corrected chi connectivity index (χ1v) is 7.84. The van der Waals surface area contributed by atoms with E-state index in [4.69, 9.17) is 11.6 Å². The fourth-order valence-electron chi connectivity index (χ4n) is 2.54. The van der Waals surface area contributed by atoms with Crippen LogP contribution in [0.5, 0.6) is 0 Å². The first kappa shape index (κ1) is 14.6. The van der Waals surface area contributed by atoms with Crippen LogP contribution in [-0.2, 0) is 4.79 Å². The fraction of sp³-hybridized carbons (Fsp3) is 0.462. The highest BCUT2D eigenvalue weighted by atomic mass is 35.5. The average molecular weight is 327 g/mol. The molecule has 2 aromatic heterocycles. The van der Waals surface area contributed by atoms with Gasteiger partial charge in [-0.1, -0.05) is 22.9 Å². The summed E-state index contributed by atoms with van der Waals surface area (Å²) in [6, 6.07) is 1.69. The van der Waals surface area contributed by atoms with Gasteiger partial charge in [0.25, 0.3) is 0 Å². The van der Waals surface area contributed by atoms with E-state index >= 15 is 0 Å². The number of likely N-dealkylation sites (N-methyl/N-ethyl adjacent to an activating group) is 1. The Morgan fingerprint density at radius 3 is 2.76 bits per heavy atom. The van der Waals surface area contributed by atoms with Crippen molar-refractivity contribution in [2.75, 3.05) is 33.2 Å². The van der Waals surface area contributed by atoms with Crippen LogP contribution in [0.4, 0.5) is 0 Å². The Labute approximate surface area is 130 Å². The first-order valence-electron chi connectivity index (χ1n) is 6.64. The molecule has 112 valence electrons. The molecule has 1 saturated heterocycles. The summed E-state index contributed by atoms with van der Waals surface area (Å²) in [5.41, 5.74) is 0.619. The van der Waals surface area contributed by atoms with Crippen molar-refractivity contribution in [2.45, 2.75) is 6.17 Å². The van der Waals surface area contributed by atoms with Crippen molar-refractivity contribution in [2.24, 2.45) is 0 Å². The number of hydrogen-bond donors (Lipinski definition) is 0. The number of hydrogen-bond acceptors (Lipinski definition) is 6. The van der Waals surface area contributed by atoms with E-state index in [-0.39, 0.29) is 4.87 Å². The molecule has 0 aromatic carbocycles. The van der Waals surface area contributed by atoms with E-state index < -0.39 is 6.17 Å². The molecule has 0 amide bonds. The lowest BCUT2D eigenvalue weighted by atomic mass is 10.3. The Morgan fingerprint density at radius 2 is 2.10 bits per heavy atom. The minimum atomic E-state index is -0.597. The third-order valence-electron chi connectivity index (χ3n) is 3.74. The lowest BCUT2D eigenvalue weighted by Gasteiger charge is -2.35. The molecule has 6 nitrogen and oxygen atoms in total. The summed E-state index contributed by atoms with van der Waals surface area (Å²) in [7, 11) is 2.04. The Balaban J connectivity index is 2.04. The van der Waals surface area contributed by atoms with Gasteiger partial charge in [-0.15, -0.1) is 0 Å². The zero-order chi connectivity index (χ0) is 15.0. The highest BCUT2D eigenvalue weighted by Crippen LogP contribution is 2.23. The van der Waals surface area contributed by atoms with Crippen LogP contribution in [0.3, 0.4) is 0 Å². The third-order valence-corrected chi connectivity index (χ3v) is 4.82. The molecule has 1 aliphatic heterocycles. The predicted octanol–water partition coefficient (Wildman–Crippen LogP) is 1.06. The van der Waals surface area contributed by atoms with Gasteiger partial charge in [-0.05, 0) is 13.1 Å². The van der Waals surface area contributed by atoms with Gasteiger partial charge >= 0.3 is 4.87 Å². The number of nitrogens with zero attached hydrogens (tertiary/aromatic N) is 4. The largest absolute Gasteiger partial charge is 0.311 e. The van der Waals surface area contributed by atoms with Gasteiger partial charge in [-0.3, -0.25) is 19.1 Å². The number of piperazine rings is 1. The SMILES string of the molecule is CN1CCN(C(C=O)n2c(=O)sc3ncc(Cl)cc32)CC1. The number of carbonyl (C=O) groups excluding carboxylic acids is 1. The smallest absolute Gasteiger partial charge is 0.304 e. The van der Waals surface area contributed by atoms with Gasteiger partial charge in [-0.25, -0.2) is 4.98 Å². The summed E-state index contributed by atoms with van der Waals surface area (Å²) in [6.45, 7) is 3.25. The standard InChI is InChI=1S/C13H15ClN4O2S/c1-16-2-4-17(5-3-16)11(8-19)18-10-6-9(14)7-15-12(10)21-13(18)20/h6-8,11H,2-5H2,1H3. The van der Waals surface area contributed by atoms with Crippen LogP contribution in [0.1, 0.15) is 6.17 Å². The molecule has 8 heteroatoms. The number of rotatable bonds is 3. The summed E-state index contributed by atoms with van der Waals surface area (Å²) in [4.78, 5) is 32.7. The number of aromatic nitrogens is 2. The van der Waals surface area contributed by atoms with E-state index in [1.54, 1.807) is 6.07 Å². The van der Waals surface area contributed by atoms with E-state index in [0.29, 0.717) is 15.4 Å². The molecule has 1 unspecified atom stereocenters. The van der Waals surface area contributed by atoms with Gasteiger partial charge < -0.3 is 4.90 Å². The summed E-state index contributed by atoms with van der Waals surface area (Å²) >= 11 is 7.01. The lowest BCUT2D eigenvalue weighted by molar-refractivity contribution is -0.116. The molecule has 3 rings (SSSR count). The maximum Gasteiger partial charge on any atom is 0.311 e. The third kappa shape index (κ3) is 2.74. The highest BCUT2D eigenvalue weighted by Gasteiger charge is 2.26. The molecule has 2 aromatic rings. The number of pyridine rings is 1. The number of thiazole rings is 1. The summed E-state index contributed by atoms with van der Waals surface area (Å²) < 4.78 is 1.50. The molecule has 0 radical (unpaired) electrons. The molecule has 1 atom stereocenters. The monoisotopic (exact) mass is 326 g/mol. The van der Waals surface area contributed by atoms with Crippen molar-refractivity contribution in [3.63, 3.8) is 0 Å². The van der Waals surface area contributed by atoms with E-state index in [1.165, 1.54) is 10.8 Å². The summed E-state index contributed by atoms with van der Waals surface area (Å²) in [6.07, 6.45) is 1.73. The second-order valence-corrected chi connectivity index (χ2v) is 6.48. The number of halogens is 1. The quantitative estimate of drug-likeness (QED) is 0.789. The van der Waals surface area contributed by atoms with Gasteiger partial charge in [0.1, 0.15) is 11.0 Å². The second-order valence-electron chi connectivity index (χ2n) is 5.10. The van der Waals surface area contributed by atoms with Gasteiger partial charge in [0.2, 0.25) is 0 Å². The van der Waals surface area contributed by atoms with Crippen LogP contribution in [0.15, 0.2) is 17.1 Å². The molecular weight excluding hydrogens is 312 g/mol. The van der Waals surface area contributed by atoms with Crippen molar-refractivity contribution in [1.82, 2.24) is 19.4 Å². The van der Waals surface area contributed by atoms with Gasteiger partial charge in [0.15, 0.2) is 6.29 Å². The Bertz CT molecular complexity index is 721. The predicted molar refractivity (Wildman–Crippen MR) is 83.1 cm³/mol. The van der Waals surface area contributed by atoms with Crippen LogP contribution in [-0.4, -0.2) is 58.9 Å². The minimum absolute atomic E-state index is 0.184. The van der Waals surface area contributed by atoms with Crippen molar-refractivity contribution >= 4 is 39.6 Å². The van der Waals surface area contributed by atoms with Crippen LogP contribution in [0.25, 0.3) is 10.3 Å². The van der Waals surface area contributed by atoms with Crippen LogP contribution < -0.4 is 4.87 Å². The first-order chi connectivity index (χ1) is 10.1. The molecule has 0 aliphatic carbocycles. The van der Waals surface area contributed by atoms with Crippen LogP contribution >= 0.6 is 22.9 Å². The van der Waals surface area contributed by atoms with E-state index in [0.717, 1.165) is 43.8 Å². The molecule has 0 bridgehead atoms. The Kier molecular flexibility index (Phi) is 4.08. The van der Waals surface area contributed by atoms with Gasteiger partial charge in [0, 0.05) is 32.4 Å². The molecule has 0 saturated carbocycles. The molecule has 0 N–H and O–H groups in total. The normalized spacial score (nSPS) is 19.0. The average Bonchev–Trinajstić information content (AvgIpc) is 2.78. The van der Waals surface area contributed by atoms with Crippen molar-refractivity contribution in [3.05, 3.63) is 27.0 Å². The van der Waals surface area contributed by atoms with Crippen LogP contribution in [0.2, 0.25) is 5.02 Å². The Hall–Kier alpha value is -1.28. The maximum atomic E-state index is 12.3. The number of aldehydes is 1. The molecule has 1 aliphatic rings. The van der Waals surface area contributed by atoms with Gasteiger partial charge in [0.05, 0.1) is 10.5 Å². The van der Waals surface area contributed by atoms with Crippen LogP contribution in [0, 0.1) is 0 Å². The Morgan fingerprint density at radius 1 is 1.38 bits per heavy atom. The van der Waals surface area contributed by atoms with Gasteiger partial charge in [-0.2, -0.15) is 0 Å². The summed E-state index contributed by atoms with van der Waals surface area (Å²) in [5.74, 6) is 0.